The fourth-order valence-electron chi connectivity index (χ4n) is 1.79. The maximum absolute atomic E-state index is 10.3. The number of aliphatic hydroxyl groups is 1. The minimum absolute atomic E-state index is 0.673. The summed E-state index contributed by atoms with van der Waals surface area (Å²) in [5.41, 5.74) is 0.480. The molecule has 0 spiro atoms. The highest BCUT2D eigenvalue weighted by Gasteiger charge is 2.20. The van der Waals surface area contributed by atoms with Crippen molar-refractivity contribution in [3.8, 4) is 0 Å². The van der Waals surface area contributed by atoms with Gasteiger partial charge in [-0.15, -0.1) is 0 Å². The molecule has 0 bridgehead atoms. The standard InChI is InChI=1S/C14H22BrNO2/c1-14(17,7-8-16-9-10-18-2)11-12-3-5-13(15)6-4-12/h3-6,16-17H,7-11H2,1-2H3. The predicted molar refractivity (Wildman–Crippen MR) is 77.8 cm³/mol. The van der Waals surface area contributed by atoms with Gasteiger partial charge in [0.15, 0.2) is 0 Å². The second kappa shape index (κ2) is 7.89. The van der Waals surface area contributed by atoms with Crippen LogP contribution in [0, 0.1) is 0 Å². The molecule has 0 radical (unpaired) electrons. The zero-order chi connectivity index (χ0) is 13.4. The van der Waals surface area contributed by atoms with Crippen molar-refractivity contribution in [1.82, 2.24) is 5.32 Å². The molecule has 0 saturated carbocycles. The highest BCUT2D eigenvalue weighted by Crippen LogP contribution is 2.18. The summed E-state index contributed by atoms with van der Waals surface area (Å²) in [6, 6.07) is 8.08. The molecule has 1 aromatic carbocycles. The number of hydrogen-bond donors (Lipinski definition) is 2. The maximum Gasteiger partial charge on any atom is 0.0672 e. The minimum atomic E-state index is -0.673. The van der Waals surface area contributed by atoms with Crippen molar-refractivity contribution < 1.29 is 9.84 Å². The number of methoxy groups -OCH3 is 1. The zero-order valence-electron chi connectivity index (χ0n) is 11.1. The molecule has 0 heterocycles. The zero-order valence-corrected chi connectivity index (χ0v) is 12.7. The second-order valence-electron chi connectivity index (χ2n) is 4.79. The van der Waals surface area contributed by atoms with Crippen molar-refractivity contribution in [1.29, 1.82) is 0 Å². The summed E-state index contributed by atoms with van der Waals surface area (Å²) in [5.74, 6) is 0. The van der Waals surface area contributed by atoms with Crippen molar-refractivity contribution >= 4 is 15.9 Å². The molecule has 1 unspecified atom stereocenters. The lowest BCUT2D eigenvalue weighted by atomic mass is 9.93. The summed E-state index contributed by atoms with van der Waals surface area (Å²) in [6.07, 6.45) is 1.40. The number of rotatable bonds is 8. The van der Waals surface area contributed by atoms with E-state index in [2.05, 4.69) is 21.2 Å². The molecule has 1 aromatic rings. The Morgan fingerprint density at radius 3 is 2.56 bits per heavy atom. The largest absolute Gasteiger partial charge is 0.390 e. The Labute approximate surface area is 118 Å². The first-order valence-electron chi connectivity index (χ1n) is 6.20. The Bertz CT molecular complexity index is 338. The topological polar surface area (TPSA) is 41.5 Å². The van der Waals surface area contributed by atoms with Crippen molar-refractivity contribution in [2.45, 2.75) is 25.4 Å². The SMILES string of the molecule is COCCNCCC(C)(O)Cc1ccc(Br)cc1. The van der Waals surface area contributed by atoms with E-state index in [0.29, 0.717) is 13.0 Å². The molecular formula is C14H22BrNO2. The fourth-order valence-corrected chi connectivity index (χ4v) is 2.05. The molecule has 3 nitrogen and oxygen atoms in total. The van der Waals surface area contributed by atoms with Crippen molar-refractivity contribution in [2.75, 3.05) is 26.8 Å². The van der Waals surface area contributed by atoms with E-state index in [9.17, 15) is 5.11 Å². The van der Waals surface area contributed by atoms with Crippen LogP contribution in [-0.2, 0) is 11.2 Å². The van der Waals surface area contributed by atoms with Crippen LogP contribution in [0.15, 0.2) is 28.7 Å². The maximum atomic E-state index is 10.3. The van der Waals surface area contributed by atoms with Gasteiger partial charge in [0.25, 0.3) is 0 Å². The first-order valence-corrected chi connectivity index (χ1v) is 6.99. The Kier molecular flexibility index (Phi) is 6.86. The summed E-state index contributed by atoms with van der Waals surface area (Å²) in [4.78, 5) is 0. The van der Waals surface area contributed by atoms with Gasteiger partial charge in [0.2, 0.25) is 0 Å². The van der Waals surface area contributed by atoms with Crippen LogP contribution in [0.5, 0.6) is 0 Å². The monoisotopic (exact) mass is 315 g/mol. The molecule has 0 aliphatic rings. The highest BCUT2D eigenvalue weighted by atomic mass is 79.9. The average Bonchev–Trinajstić information content (AvgIpc) is 2.31. The van der Waals surface area contributed by atoms with Crippen LogP contribution < -0.4 is 5.32 Å². The number of benzene rings is 1. The van der Waals surface area contributed by atoms with Gasteiger partial charge in [-0.25, -0.2) is 0 Å². The lowest BCUT2D eigenvalue weighted by molar-refractivity contribution is 0.0510. The quantitative estimate of drug-likeness (QED) is 0.724. The van der Waals surface area contributed by atoms with Gasteiger partial charge in [0, 0.05) is 24.5 Å². The van der Waals surface area contributed by atoms with E-state index in [1.165, 1.54) is 0 Å². The number of halogens is 1. The molecule has 2 N–H and O–H groups in total. The van der Waals surface area contributed by atoms with Crippen LogP contribution in [-0.4, -0.2) is 37.5 Å². The first-order chi connectivity index (χ1) is 8.53. The van der Waals surface area contributed by atoms with Crippen LogP contribution in [0.1, 0.15) is 18.9 Å². The molecule has 1 atom stereocenters. The lowest BCUT2D eigenvalue weighted by Crippen LogP contribution is -2.33. The Hall–Kier alpha value is -0.420. The smallest absolute Gasteiger partial charge is 0.0672 e. The van der Waals surface area contributed by atoms with E-state index in [-0.39, 0.29) is 0 Å². The Balaban J connectivity index is 2.32. The molecule has 0 aliphatic heterocycles. The minimum Gasteiger partial charge on any atom is -0.390 e. The third-order valence-corrected chi connectivity index (χ3v) is 3.35. The summed E-state index contributed by atoms with van der Waals surface area (Å²) >= 11 is 3.41. The number of nitrogens with one attached hydrogen (secondary N) is 1. The Morgan fingerprint density at radius 1 is 1.28 bits per heavy atom. The first kappa shape index (κ1) is 15.6. The summed E-state index contributed by atoms with van der Waals surface area (Å²) in [6.45, 7) is 4.21. The van der Waals surface area contributed by atoms with Gasteiger partial charge in [0.05, 0.1) is 12.2 Å². The molecule has 0 fully saturated rings. The van der Waals surface area contributed by atoms with Crippen LogP contribution in [0.2, 0.25) is 0 Å². The molecule has 0 saturated heterocycles. The Morgan fingerprint density at radius 2 is 1.94 bits per heavy atom. The molecule has 18 heavy (non-hydrogen) atoms. The van der Waals surface area contributed by atoms with Gasteiger partial charge >= 0.3 is 0 Å². The summed E-state index contributed by atoms with van der Waals surface area (Å²) < 4.78 is 6.01. The van der Waals surface area contributed by atoms with Gasteiger partial charge in [-0.3, -0.25) is 0 Å². The van der Waals surface area contributed by atoms with Crippen molar-refractivity contribution in [3.05, 3.63) is 34.3 Å². The molecule has 0 amide bonds. The average molecular weight is 316 g/mol. The van der Waals surface area contributed by atoms with Crippen LogP contribution in [0.3, 0.4) is 0 Å². The number of hydrogen-bond acceptors (Lipinski definition) is 3. The summed E-state index contributed by atoms with van der Waals surface area (Å²) in [7, 11) is 1.69. The third-order valence-electron chi connectivity index (χ3n) is 2.82. The van der Waals surface area contributed by atoms with E-state index in [4.69, 9.17) is 4.74 Å². The molecule has 102 valence electrons. The van der Waals surface area contributed by atoms with E-state index in [1.807, 2.05) is 31.2 Å². The summed E-state index contributed by atoms with van der Waals surface area (Å²) in [5, 5.41) is 13.6. The molecule has 0 aromatic heterocycles. The van der Waals surface area contributed by atoms with Gasteiger partial charge in [-0.05, 0) is 37.6 Å². The number of ether oxygens (including phenoxy) is 1. The van der Waals surface area contributed by atoms with Crippen molar-refractivity contribution in [3.63, 3.8) is 0 Å². The molecule has 1 rings (SSSR count). The molecular weight excluding hydrogens is 294 g/mol. The molecule has 0 aliphatic carbocycles. The third kappa shape index (κ3) is 6.50. The van der Waals surface area contributed by atoms with E-state index in [0.717, 1.165) is 29.5 Å². The predicted octanol–water partition coefficient (Wildman–Crippen LogP) is 2.37. The van der Waals surface area contributed by atoms with Crippen LogP contribution >= 0.6 is 15.9 Å². The van der Waals surface area contributed by atoms with Gasteiger partial charge < -0.3 is 15.2 Å². The van der Waals surface area contributed by atoms with Crippen LogP contribution in [0.4, 0.5) is 0 Å². The van der Waals surface area contributed by atoms with Gasteiger partial charge in [-0.2, -0.15) is 0 Å². The van der Waals surface area contributed by atoms with E-state index in [1.54, 1.807) is 7.11 Å². The van der Waals surface area contributed by atoms with E-state index >= 15 is 0 Å². The fraction of sp³-hybridized carbons (Fsp3) is 0.571. The lowest BCUT2D eigenvalue weighted by Gasteiger charge is -2.23. The highest BCUT2D eigenvalue weighted by molar-refractivity contribution is 9.10. The normalized spacial score (nSPS) is 14.4. The van der Waals surface area contributed by atoms with Crippen molar-refractivity contribution in [2.24, 2.45) is 0 Å². The molecule has 4 heteroatoms. The second-order valence-corrected chi connectivity index (χ2v) is 5.71. The van der Waals surface area contributed by atoms with Gasteiger partial charge in [-0.1, -0.05) is 28.1 Å². The van der Waals surface area contributed by atoms with E-state index < -0.39 is 5.60 Å². The van der Waals surface area contributed by atoms with Crippen LogP contribution in [0.25, 0.3) is 0 Å². The van der Waals surface area contributed by atoms with Gasteiger partial charge in [0.1, 0.15) is 0 Å².